The summed E-state index contributed by atoms with van der Waals surface area (Å²) in [4.78, 5) is 14.1. The molecule has 2 saturated carbocycles. The minimum absolute atomic E-state index is 0.0328. The van der Waals surface area contributed by atoms with E-state index in [1.807, 2.05) is 6.92 Å². The van der Waals surface area contributed by atoms with Crippen molar-refractivity contribution in [2.24, 2.45) is 23.2 Å². The number of allylic oxidation sites excluding steroid dienone is 1. The molecule has 0 amide bonds. The van der Waals surface area contributed by atoms with Crippen molar-refractivity contribution in [3.05, 3.63) is 41.2 Å². The molecule has 12 heteroatoms. The van der Waals surface area contributed by atoms with Gasteiger partial charge in [0.25, 0.3) is 0 Å². The highest BCUT2D eigenvalue weighted by Gasteiger charge is 2.75. The molecule has 0 aliphatic heterocycles. The number of nitrogens with zero attached hydrogens (tertiary/aromatic N) is 1. The van der Waals surface area contributed by atoms with Crippen molar-refractivity contribution < 1.29 is 49.4 Å². The van der Waals surface area contributed by atoms with Crippen LogP contribution in [0.15, 0.2) is 30.1 Å². The second kappa shape index (κ2) is 11.7. The molecule has 1 aromatic rings. The van der Waals surface area contributed by atoms with E-state index < -0.39 is 42.0 Å². The van der Waals surface area contributed by atoms with Gasteiger partial charge in [-0.2, -0.15) is 30.7 Å². The summed E-state index contributed by atoms with van der Waals surface area (Å²) in [6.45, 7) is 1.54. The molecule has 236 valence electrons. The maximum Gasteiger partial charge on any atom is 0.460 e. The standard InChI is InChI=1S/C30H36F9NO2/c1-27-16-22(31)26-20-8-7-19(41)15-18(20)14-17(25(26)21(27)9-10-24(27)42)6-4-3-5-12-40(2)13-11-23(32)28(33,34)29(35,36)30(37,38)39/h7-8,11,15,17,21-22,25-26,41H,3-6,9-10,12-14,16H2,1-2H3/b23-11-/t17-,21+,22+,25+,26+,27+/m1/s1. The molecule has 0 bridgehead atoms. The van der Waals surface area contributed by atoms with Crippen LogP contribution in [-0.2, 0) is 11.2 Å². The Morgan fingerprint density at radius 3 is 2.48 bits per heavy atom. The Labute approximate surface area is 239 Å². The molecule has 6 atom stereocenters. The van der Waals surface area contributed by atoms with E-state index in [1.165, 1.54) is 11.9 Å². The fourth-order valence-electron chi connectivity index (χ4n) is 7.58. The number of benzene rings is 1. The number of likely N-dealkylation sites (N-methyl/N-ethyl adjacent to an activating group) is 1. The summed E-state index contributed by atoms with van der Waals surface area (Å²) < 4.78 is 119. The van der Waals surface area contributed by atoms with Gasteiger partial charge in [-0.25, -0.2) is 8.78 Å². The lowest BCUT2D eigenvalue weighted by Gasteiger charge is -2.53. The first-order chi connectivity index (χ1) is 19.4. The summed E-state index contributed by atoms with van der Waals surface area (Å²) >= 11 is 0. The lowest BCUT2D eigenvalue weighted by Crippen LogP contribution is -2.52. The van der Waals surface area contributed by atoms with E-state index in [0.717, 1.165) is 24.0 Å². The fraction of sp³-hybridized carbons (Fsp3) is 0.700. The number of halogens is 9. The van der Waals surface area contributed by atoms with Gasteiger partial charge in [0.1, 0.15) is 17.7 Å². The SMILES string of the molecule is CN(C/C=C(\F)C(F)(F)C(F)(F)C(F)(F)F)CCCCC[C@@H]1Cc2cc(O)ccc2[C@@H]2[C@@H]1[C@@H]1CCC(=O)[C@@]1(C)C[C@@H]2F. The van der Waals surface area contributed by atoms with Gasteiger partial charge in [-0.3, -0.25) is 4.79 Å². The largest absolute Gasteiger partial charge is 0.508 e. The van der Waals surface area contributed by atoms with Crippen LogP contribution in [-0.4, -0.2) is 60.1 Å². The van der Waals surface area contributed by atoms with E-state index in [0.29, 0.717) is 32.1 Å². The van der Waals surface area contributed by atoms with Gasteiger partial charge in [0.05, 0.1) is 0 Å². The predicted octanol–water partition coefficient (Wildman–Crippen LogP) is 8.17. The van der Waals surface area contributed by atoms with Crippen LogP contribution in [0.4, 0.5) is 39.5 Å². The van der Waals surface area contributed by atoms with Crippen molar-refractivity contribution in [2.75, 3.05) is 20.1 Å². The number of aromatic hydroxyl groups is 1. The van der Waals surface area contributed by atoms with Crippen molar-refractivity contribution in [3.8, 4) is 5.75 Å². The van der Waals surface area contributed by atoms with Crippen LogP contribution in [0.25, 0.3) is 0 Å². The minimum atomic E-state index is -6.61. The molecule has 0 radical (unpaired) electrons. The van der Waals surface area contributed by atoms with E-state index in [-0.39, 0.29) is 54.2 Å². The Bertz CT molecular complexity index is 1180. The Hall–Kier alpha value is -2.24. The number of unbranched alkanes of at least 4 members (excludes halogenated alkanes) is 2. The molecule has 0 saturated heterocycles. The summed E-state index contributed by atoms with van der Waals surface area (Å²) in [6.07, 6.45) is -3.17. The van der Waals surface area contributed by atoms with Gasteiger partial charge in [0.15, 0.2) is 5.83 Å². The summed E-state index contributed by atoms with van der Waals surface area (Å²) in [6, 6.07) is 5.03. The monoisotopic (exact) mass is 613 g/mol. The van der Waals surface area contributed by atoms with Gasteiger partial charge in [-0.15, -0.1) is 0 Å². The first-order valence-corrected chi connectivity index (χ1v) is 14.3. The normalized spacial score (nSPS) is 30.3. The molecular weight excluding hydrogens is 577 g/mol. The van der Waals surface area contributed by atoms with Crippen molar-refractivity contribution in [2.45, 2.75) is 88.4 Å². The van der Waals surface area contributed by atoms with Crippen molar-refractivity contribution in [3.63, 3.8) is 0 Å². The second-order valence-corrected chi connectivity index (χ2v) is 12.5. The van der Waals surface area contributed by atoms with Crippen LogP contribution in [0, 0.1) is 23.2 Å². The number of rotatable bonds is 10. The number of carbonyl (C=O) groups excluding carboxylic acids is 1. The molecule has 3 aliphatic carbocycles. The van der Waals surface area contributed by atoms with Crippen molar-refractivity contribution in [1.29, 1.82) is 0 Å². The second-order valence-electron chi connectivity index (χ2n) is 12.5. The summed E-state index contributed by atoms with van der Waals surface area (Å²) in [5.74, 6) is -15.4. The minimum Gasteiger partial charge on any atom is -0.508 e. The molecule has 0 heterocycles. The topological polar surface area (TPSA) is 40.5 Å². The maximum atomic E-state index is 15.8. The zero-order valence-corrected chi connectivity index (χ0v) is 23.5. The van der Waals surface area contributed by atoms with Gasteiger partial charge in [-0.1, -0.05) is 25.8 Å². The van der Waals surface area contributed by atoms with Crippen LogP contribution < -0.4 is 0 Å². The third-order valence-electron chi connectivity index (χ3n) is 9.79. The zero-order chi connectivity index (χ0) is 31.3. The molecule has 0 unspecified atom stereocenters. The molecule has 1 aromatic carbocycles. The first-order valence-electron chi connectivity index (χ1n) is 14.3. The van der Waals surface area contributed by atoms with Crippen LogP contribution in [0.1, 0.15) is 68.9 Å². The van der Waals surface area contributed by atoms with Crippen LogP contribution in [0.3, 0.4) is 0 Å². The average molecular weight is 614 g/mol. The number of alkyl halides is 8. The molecule has 0 spiro atoms. The van der Waals surface area contributed by atoms with Gasteiger partial charge in [0.2, 0.25) is 0 Å². The van der Waals surface area contributed by atoms with Gasteiger partial charge >= 0.3 is 18.0 Å². The Morgan fingerprint density at radius 1 is 1.12 bits per heavy atom. The number of phenols is 1. The highest BCUT2D eigenvalue weighted by molar-refractivity contribution is 5.87. The molecule has 2 fully saturated rings. The number of hydrogen-bond acceptors (Lipinski definition) is 3. The summed E-state index contributed by atoms with van der Waals surface area (Å²) in [5.41, 5.74) is 1.10. The van der Waals surface area contributed by atoms with Crippen LogP contribution in [0.5, 0.6) is 5.75 Å². The number of ketones is 1. The lowest BCUT2D eigenvalue weighted by molar-refractivity contribution is -0.347. The Kier molecular flexibility index (Phi) is 9.09. The number of Topliss-reactive ketones (excluding diaryl/α,β-unsaturated/α-hetero) is 1. The molecule has 0 aromatic heterocycles. The number of hydrogen-bond donors (Lipinski definition) is 1. The molecule has 3 aliphatic rings. The van der Waals surface area contributed by atoms with Gasteiger partial charge < -0.3 is 10.0 Å². The first kappa shape index (κ1) is 32.7. The van der Waals surface area contributed by atoms with E-state index in [4.69, 9.17) is 0 Å². The van der Waals surface area contributed by atoms with E-state index in [2.05, 4.69) is 0 Å². The van der Waals surface area contributed by atoms with E-state index in [9.17, 15) is 45.0 Å². The average Bonchev–Trinajstić information content (AvgIpc) is 3.19. The van der Waals surface area contributed by atoms with Crippen molar-refractivity contribution in [1.82, 2.24) is 4.90 Å². The van der Waals surface area contributed by atoms with Gasteiger partial charge in [0, 0.05) is 24.3 Å². The predicted molar refractivity (Wildman–Crippen MR) is 138 cm³/mol. The molecule has 4 rings (SSSR count). The summed E-state index contributed by atoms with van der Waals surface area (Å²) in [5, 5.41) is 10.1. The fourth-order valence-corrected chi connectivity index (χ4v) is 7.58. The molecular formula is C30H36F9NO2. The molecule has 1 N–H and O–H groups in total. The van der Waals surface area contributed by atoms with Crippen LogP contribution >= 0.6 is 0 Å². The summed E-state index contributed by atoms with van der Waals surface area (Å²) in [7, 11) is 1.40. The third-order valence-corrected chi connectivity index (χ3v) is 9.79. The molecule has 3 nitrogen and oxygen atoms in total. The number of carbonyl (C=O) groups is 1. The van der Waals surface area contributed by atoms with Gasteiger partial charge in [-0.05, 0) is 92.8 Å². The number of phenolic OH excluding ortho intramolecular Hbond substituents is 1. The maximum absolute atomic E-state index is 15.8. The van der Waals surface area contributed by atoms with E-state index in [1.54, 1.807) is 18.2 Å². The van der Waals surface area contributed by atoms with Crippen molar-refractivity contribution >= 4 is 5.78 Å². The quantitative estimate of drug-likeness (QED) is 0.214. The zero-order valence-electron chi connectivity index (χ0n) is 23.5. The highest BCUT2D eigenvalue weighted by atomic mass is 19.4. The highest BCUT2D eigenvalue weighted by Crippen LogP contribution is 2.62. The third kappa shape index (κ3) is 5.80. The van der Waals surface area contributed by atoms with E-state index >= 15 is 4.39 Å². The lowest BCUT2D eigenvalue weighted by atomic mass is 9.51. The Balaban J connectivity index is 1.35. The number of fused-ring (bicyclic) bond motifs is 5. The molecule has 42 heavy (non-hydrogen) atoms. The Morgan fingerprint density at radius 2 is 1.81 bits per heavy atom. The van der Waals surface area contributed by atoms with Crippen LogP contribution in [0.2, 0.25) is 0 Å². The smallest absolute Gasteiger partial charge is 0.460 e.